The van der Waals surface area contributed by atoms with Crippen LogP contribution in [0.4, 0.5) is 17.2 Å². The summed E-state index contributed by atoms with van der Waals surface area (Å²) in [5.74, 6) is 0.480. The Balaban J connectivity index is 1.58. The van der Waals surface area contributed by atoms with Crippen LogP contribution in [0.15, 0.2) is 65.4 Å². The Labute approximate surface area is 153 Å². The molecule has 124 valence electrons. The molecule has 0 saturated heterocycles. The first-order valence-corrected chi connectivity index (χ1v) is 8.74. The summed E-state index contributed by atoms with van der Waals surface area (Å²) < 4.78 is 0.969. The molecule has 1 N–H and O–H groups in total. The number of carbonyl (C=O) groups excluding carboxylic acids is 1. The quantitative estimate of drug-likeness (QED) is 0.723. The van der Waals surface area contributed by atoms with Crippen molar-refractivity contribution in [1.82, 2.24) is 9.97 Å². The molecular formula is C19H15BrN4O. The maximum atomic E-state index is 12.9. The highest BCUT2D eigenvalue weighted by Gasteiger charge is 2.26. The Morgan fingerprint density at radius 3 is 2.84 bits per heavy atom. The second-order valence-corrected chi connectivity index (χ2v) is 6.68. The lowest BCUT2D eigenvalue weighted by molar-refractivity contribution is 0.0984. The Hall–Kier alpha value is -2.73. The van der Waals surface area contributed by atoms with Crippen molar-refractivity contribution in [1.29, 1.82) is 0 Å². The summed E-state index contributed by atoms with van der Waals surface area (Å²) in [6.45, 7) is 0.677. The Morgan fingerprint density at radius 2 is 1.96 bits per heavy atom. The van der Waals surface area contributed by atoms with Crippen LogP contribution in [0.5, 0.6) is 0 Å². The number of hydrogen-bond donors (Lipinski definition) is 1. The SMILES string of the molecule is O=C(c1cc(Nc2cccc(Br)c2)ncn1)N1CCc2ccccc21. The van der Waals surface area contributed by atoms with Crippen molar-refractivity contribution in [2.75, 3.05) is 16.8 Å². The van der Waals surface area contributed by atoms with Gasteiger partial charge in [0.2, 0.25) is 0 Å². The number of nitrogens with one attached hydrogen (secondary N) is 1. The monoisotopic (exact) mass is 394 g/mol. The van der Waals surface area contributed by atoms with E-state index in [-0.39, 0.29) is 5.91 Å². The van der Waals surface area contributed by atoms with Crippen molar-refractivity contribution in [2.45, 2.75) is 6.42 Å². The zero-order chi connectivity index (χ0) is 17.2. The smallest absolute Gasteiger partial charge is 0.277 e. The first kappa shape index (κ1) is 15.8. The molecule has 1 aliphatic rings. The average molecular weight is 395 g/mol. The normalized spacial score (nSPS) is 12.8. The summed E-state index contributed by atoms with van der Waals surface area (Å²) in [5.41, 5.74) is 3.42. The summed E-state index contributed by atoms with van der Waals surface area (Å²) in [4.78, 5) is 23.0. The third kappa shape index (κ3) is 3.25. The lowest BCUT2D eigenvalue weighted by Crippen LogP contribution is -2.29. The highest BCUT2D eigenvalue weighted by molar-refractivity contribution is 9.10. The predicted octanol–water partition coefficient (Wildman–Crippen LogP) is 4.19. The van der Waals surface area contributed by atoms with Crippen LogP contribution in [0.2, 0.25) is 0 Å². The predicted molar refractivity (Wildman–Crippen MR) is 101 cm³/mol. The number of carbonyl (C=O) groups is 1. The summed E-state index contributed by atoms with van der Waals surface area (Å²) in [7, 11) is 0. The van der Waals surface area contributed by atoms with E-state index >= 15 is 0 Å². The molecule has 0 atom stereocenters. The largest absolute Gasteiger partial charge is 0.340 e. The maximum absolute atomic E-state index is 12.9. The molecule has 0 aliphatic carbocycles. The standard InChI is InChI=1S/C19H15BrN4O/c20-14-5-3-6-15(10-14)23-18-11-16(21-12-22-18)19(25)24-9-8-13-4-1-2-7-17(13)24/h1-7,10-12H,8-9H2,(H,21,22,23). The number of benzene rings is 2. The fourth-order valence-corrected chi connectivity index (χ4v) is 3.34. The molecule has 0 bridgehead atoms. The minimum atomic E-state index is -0.107. The molecule has 0 unspecified atom stereocenters. The fourth-order valence-electron chi connectivity index (χ4n) is 2.94. The summed E-state index contributed by atoms with van der Waals surface area (Å²) in [6, 6.07) is 17.4. The van der Waals surface area contributed by atoms with Crippen molar-refractivity contribution in [2.24, 2.45) is 0 Å². The van der Waals surface area contributed by atoms with Crippen LogP contribution in [-0.4, -0.2) is 22.4 Å². The molecule has 1 amide bonds. The molecule has 4 rings (SSSR count). The van der Waals surface area contributed by atoms with Gasteiger partial charge in [0.15, 0.2) is 0 Å². The number of aromatic nitrogens is 2. The molecular weight excluding hydrogens is 380 g/mol. The Kier molecular flexibility index (Phi) is 4.19. The highest BCUT2D eigenvalue weighted by atomic mass is 79.9. The second kappa shape index (κ2) is 6.64. The van der Waals surface area contributed by atoms with E-state index in [9.17, 15) is 4.79 Å². The lowest BCUT2D eigenvalue weighted by atomic mass is 10.2. The molecule has 0 saturated carbocycles. The average Bonchev–Trinajstić information content (AvgIpc) is 3.05. The number of amides is 1. The van der Waals surface area contributed by atoms with Crippen molar-refractivity contribution >= 4 is 39.0 Å². The zero-order valence-electron chi connectivity index (χ0n) is 13.3. The number of rotatable bonds is 3. The van der Waals surface area contributed by atoms with Crippen LogP contribution < -0.4 is 10.2 Å². The van der Waals surface area contributed by atoms with E-state index in [0.717, 1.165) is 22.3 Å². The third-order valence-electron chi connectivity index (χ3n) is 4.12. The van der Waals surface area contributed by atoms with Crippen LogP contribution in [0, 0.1) is 0 Å². The van der Waals surface area contributed by atoms with Gasteiger partial charge in [-0.15, -0.1) is 0 Å². The van der Waals surface area contributed by atoms with E-state index in [0.29, 0.717) is 18.1 Å². The zero-order valence-corrected chi connectivity index (χ0v) is 14.9. The van der Waals surface area contributed by atoms with Crippen molar-refractivity contribution in [3.8, 4) is 0 Å². The molecule has 2 heterocycles. The van der Waals surface area contributed by atoms with Gasteiger partial charge in [-0.2, -0.15) is 0 Å². The molecule has 2 aromatic carbocycles. The molecule has 5 nitrogen and oxygen atoms in total. The van der Waals surface area contributed by atoms with E-state index in [4.69, 9.17) is 0 Å². The third-order valence-corrected chi connectivity index (χ3v) is 4.61. The molecule has 3 aromatic rings. The van der Waals surface area contributed by atoms with Crippen LogP contribution in [0.3, 0.4) is 0 Å². The lowest BCUT2D eigenvalue weighted by Gasteiger charge is -2.17. The Morgan fingerprint density at radius 1 is 1.08 bits per heavy atom. The van der Waals surface area contributed by atoms with Gasteiger partial charge in [0, 0.05) is 28.5 Å². The van der Waals surface area contributed by atoms with Crippen molar-refractivity contribution in [3.63, 3.8) is 0 Å². The van der Waals surface area contributed by atoms with Gasteiger partial charge in [-0.25, -0.2) is 9.97 Å². The van der Waals surface area contributed by atoms with Gasteiger partial charge < -0.3 is 10.2 Å². The molecule has 25 heavy (non-hydrogen) atoms. The molecule has 1 aliphatic heterocycles. The van der Waals surface area contributed by atoms with E-state index in [1.807, 2.05) is 42.5 Å². The van der Waals surface area contributed by atoms with Crippen molar-refractivity contribution < 1.29 is 4.79 Å². The second-order valence-electron chi connectivity index (χ2n) is 5.76. The van der Waals surface area contributed by atoms with Crippen LogP contribution in [0.25, 0.3) is 0 Å². The number of para-hydroxylation sites is 1. The molecule has 0 fully saturated rings. The van der Waals surface area contributed by atoms with Gasteiger partial charge in [0.1, 0.15) is 17.8 Å². The number of hydrogen-bond acceptors (Lipinski definition) is 4. The van der Waals surface area contributed by atoms with Gasteiger partial charge >= 0.3 is 0 Å². The fraction of sp³-hybridized carbons (Fsp3) is 0.105. The van der Waals surface area contributed by atoms with Gasteiger partial charge in [-0.05, 0) is 36.2 Å². The van der Waals surface area contributed by atoms with Crippen LogP contribution in [0.1, 0.15) is 16.1 Å². The van der Waals surface area contributed by atoms with Gasteiger partial charge in [-0.3, -0.25) is 4.79 Å². The number of anilines is 3. The van der Waals surface area contributed by atoms with Gasteiger partial charge in [-0.1, -0.05) is 40.2 Å². The van der Waals surface area contributed by atoms with E-state index in [2.05, 4.69) is 37.3 Å². The van der Waals surface area contributed by atoms with Crippen molar-refractivity contribution in [3.05, 3.63) is 76.7 Å². The van der Waals surface area contributed by atoms with Crippen LogP contribution >= 0.6 is 15.9 Å². The number of halogens is 1. The first-order valence-electron chi connectivity index (χ1n) is 7.95. The Bertz CT molecular complexity index is 944. The molecule has 6 heteroatoms. The summed E-state index contributed by atoms with van der Waals surface area (Å²) in [6.07, 6.45) is 2.28. The maximum Gasteiger partial charge on any atom is 0.277 e. The summed E-state index contributed by atoms with van der Waals surface area (Å²) in [5, 5.41) is 3.20. The van der Waals surface area contributed by atoms with Gasteiger partial charge in [0.05, 0.1) is 0 Å². The van der Waals surface area contributed by atoms with E-state index in [1.165, 1.54) is 11.9 Å². The number of fused-ring (bicyclic) bond motifs is 1. The minimum Gasteiger partial charge on any atom is -0.340 e. The van der Waals surface area contributed by atoms with E-state index < -0.39 is 0 Å². The molecule has 1 aromatic heterocycles. The highest BCUT2D eigenvalue weighted by Crippen LogP contribution is 2.29. The minimum absolute atomic E-state index is 0.107. The van der Waals surface area contributed by atoms with Crippen LogP contribution in [-0.2, 0) is 6.42 Å². The summed E-state index contributed by atoms with van der Waals surface area (Å²) >= 11 is 3.44. The topological polar surface area (TPSA) is 58.1 Å². The molecule has 0 radical (unpaired) electrons. The van der Waals surface area contributed by atoms with Gasteiger partial charge in [0.25, 0.3) is 5.91 Å². The first-order chi connectivity index (χ1) is 12.2. The molecule has 0 spiro atoms. The van der Waals surface area contributed by atoms with E-state index in [1.54, 1.807) is 11.0 Å². The number of nitrogens with zero attached hydrogens (tertiary/aromatic N) is 3.